The molecule has 1 aliphatic rings. The van der Waals surface area contributed by atoms with Crippen LogP contribution in [0.4, 0.5) is 0 Å². The molecule has 0 aromatic heterocycles. The molecule has 1 heterocycles. The molecule has 1 unspecified atom stereocenters. The molecule has 3 rings (SSSR count). The van der Waals surface area contributed by atoms with Crippen LogP contribution >= 0.6 is 0 Å². The highest BCUT2D eigenvalue weighted by atomic mass is 16.5. The van der Waals surface area contributed by atoms with Crippen LogP contribution in [0.5, 0.6) is 5.75 Å². The van der Waals surface area contributed by atoms with Gasteiger partial charge in [-0.25, -0.2) is 0 Å². The molecule has 0 saturated carbocycles. The molecule has 0 bridgehead atoms. The van der Waals surface area contributed by atoms with Crippen LogP contribution in [0.25, 0.3) is 10.8 Å². The van der Waals surface area contributed by atoms with E-state index >= 15 is 0 Å². The van der Waals surface area contributed by atoms with Crippen LogP contribution in [0.1, 0.15) is 23.5 Å². The molecule has 2 aromatic carbocycles. The average molecular weight is 267 g/mol. The maximum absolute atomic E-state index is 11.4. The first-order valence-electron chi connectivity index (χ1n) is 6.39. The van der Waals surface area contributed by atoms with Crippen LogP contribution in [0, 0.1) is 11.3 Å². The average Bonchev–Trinajstić information content (AvgIpc) is 2.91. The normalized spacial score (nSPS) is 17.8. The number of nitriles is 1. The van der Waals surface area contributed by atoms with E-state index in [2.05, 4.69) is 6.07 Å². The molecule has 1 fully saturated rings. The first-order chi connectivity index (χ1) is 9.72. The van der Waals surface area contributed by atoms with Gasteiger partial charge in [-0.3, -0.25) is 4.79 Å². The number of benzene rings is 2. The van der Waals surface area contributed by atoms with Crippen LogP contribution in [0.3, 0.4) is 0 Å². The number of hydrogen-bond acceptors (Lipinski definition) is 4. The highest BCUT2D eigenvalue weighted by molar-refractivity contribution is 5.90. The maximum atomic E-state index is 11.4. The van der Waals surface area contributed by atoms with Crippen molar-refractivity contribution < 1.29 is 14.3 Å². The van der Waals surface area contributed by atoms with Gasteiger partial charge < -0.3 is 9.47 Å². The first kappa shape index (κ1) is 12.5. The summed E-state index contributed by atoms with van der Waals surface area (Å²) in [5.74, 6) is 0.525. The smallest absolute Gasteiger partial charge is 0.306 e. The van der Waals surface area contributed by atoms with Crippen molar-refractivity contribution in [2.75, 3.05) is 13.7 Å². The lowest BCUT2D eigenvalue weighted by Gasteiger charge is -2.15. The molecule has 0 spiro atoms. The quantitative estimate of drug-likeness (QED) is 0.785. The van der Waals surface area contributed by atoms with Crippen molar-refractivity contribution in [2.24, 2.45) is 0 Å². The summed E-state index contributed by atoms with van der Waals surface area (Å²) in [6.45, 7) is 0.366. The molecular formula is C16H13NO3. The third-order valence-electron chi connectivity index (χ3n) is 3.64. The number of hydrogen-bond donors (Lipinski definition) is 0. The van der Waals surface area contributed by atoms with Gasteiger partial charge in [-0.05, 0) is 29.0 Å². The number of ether oxygens (including phenoxy) is 2. The molecule has 0 N–H and O–H groups in total. The van der Waals surface area contributed by atoms with Gasteiger partial charge in [0.1, 0.15) is 5.75 Å². The SMILES string of the molecule is COc1ccc2ccc(C#N)cc2c1C1COC(=O)C1. The number of rotatable bonds is 2. The van der Waals surface area contributed by atoms with Crippen LogP contribution < -0.4 is 4.74 Å². The first-order valence-corrected chi connectivity index (χ1v) is 6.39. The summed E-state index contributed by atoms with van der Waals surface area (Å²) in [5.41, 5.74) is 1.55. The molecule has 1 atom stereocenters. The van der Waals surface area contributed by atoms with E-state index in [9.17, 15) is 4.79 Å². The predicted molar refractivity (Wildman–Crippen MR) is 73.5 cm³/mol. The van der Waals surface area contributed by atoms with Gasteiger partial charge in [-0.2, -0.15) is 5.26 Å². The summed E-state index contributed by atoms with van der Waals surface area (Å²) in [7, 11) is 1.61. The van der Waals surface area contributed by atoms with E-state index in [1.165, 1.54) is 0 Å². The lowest BCUT2D eigenvalue weighted by atomic mass is 9.91. The highest BCUT2D eigenvalue weighted by Gasteiger charge is 2.29. The zero-order valence-electron chi connectivity index (χ0n) is 11.1. The van der Waals surface area contributed by atoms with Gasteiger partial charge in [-0.1, -0.05) is 12.1 Å². The van der Waals surface area contributed by atoms with Crippen molar-refractivity contribution in [2.45, 2.75) is 12.3 Å². The summed E-state index contributed by atoms with van der Waals surface area (Å²) < 4.78 is 10.5. The van der Waals surface area contributed by atoms with E-state index in [1.807, 2.05) is 24.3 Å². The lowest BCUT2D eigenvalue weighted by molar-refractivity contribution is -0.137. The van der Waals surface area contributed by atoms with Gasteiger partial charge >= 0.3 is 5.97 Å². The Balaban J connectivity index is 2.25. The van der Waals surface area contributed by atoms with Gasteiger partial charge in [-0.15, -0.1) is 0 Å². The fourth-order valence-corrected chi connectivity index (χ4v) is 2.69. The van der Waals surface area contributed by atoms with Gasteiger partial charge in [0.15, 0.2) is 0 Å². The van der Waals surface area contributed by atoms with Crippen LogP contribution in [0.15, 0.2) is 30.3 Å². The molecule has 0 aliphatic carbocycles. The summed E-state index contributed by atoms with van der Waals surface area (Å²) in [6.07, 6.45) is 0.353. The number of fused-ring (bicyclic) bond motifs is 1. The van der Waals surface area contributed by atoms with E-state index < -0.39 is 0 Å². The monoisotopic (exact) mass is 267 g/mol. The van der Waals surface area contributed by atoms with Gasteiger partial charge in [0.05, 0.1) is 31.8 Å². The van der Waals surface area contributed by atoms with E-state index in [4.69, 9.17) is 14.7 Å². The molecule has 0 radical (unpaired) electrons. The molecule has 20 heavy (non-hydrogen) atoms. The molecule has 1 saturated heterocycles. The molecule has 4 nitrogen and oxygen atoms in total. The molecular weight excluding hydrogens is 254 g/mol. The Morgan fingerprint density at radius 1 is 1.35 bits per heavy atom. The zero-order chi connectivity index (χ0) is 14.1. The number of carbonyl (C=O) groups excluding carboxylic acids is 1. The van der Waals surface area contributed by atoms with E-state index in [0.717, 1.165) is 22.1 Å². The predicted octanol–water partition coefficient (Wildman–Crippen LogP) is 2.75. The fourth-order valence-electron chi connectivity index (χ4n) is 2.69. The second-order valence-electron chi connectivity index (χ2n) is 4.81. The second kappa shape index (κ2) is 4.86. The summed E-state index contributed by atoms with van der Waals surface area (Å²) in [4.78, 5) is 11.4. The van der Waals surface area contributed by atoms with Crippen LogP contribution in [-0.2, 0) is 9.53 Å². The minimum atomic E-state index is -0.189. The number of carbonyl (C=O) groups is 1. The largest absolute Gasteiger partial charge is 0.496 e. The maximum Gasteiger partial charge on any atom is 0.306 e. The van der Waals surface area contributed by atoms with Crippen molar-refractivity contribution in [1.82, 2.24) is 0 Å². The Morgan fingerprint density at radius 2 is 2.15 bits per heavy atom. The Morgan fingerprint density at radius 3 is 2.80 bits per heavy atom. The van der Waals surface area contributed by atoms with Gasteiger partial charge in [0, 0.05) is 11.5 Å². The number of methoxy groups -OCH3 is 1. The third-order valence-corrected chi connectivity index (χ3v) is 3.64. The van der Waals surface area contributed by atoms with Crippen molar-refractivity contribution in [3.63, 3.8) is 0 Å². The molecule has 100 valence electrons. The zero-order valence-corrected chi connectivity index (χ0v) is 11.1. The summed E-state index contributed by atoms with van der Waals surface area (Å²) >= 11 is 0. The number of nitrogens with zero attached hydrogens (tertiary/aromatic N) is 1. The van der Waals surface area contributed by atoms with Crippen molar-refractivity contribution in [3.8, 4) is 11.8 Å². The molecule has 0 amide bonds. The minimum Gasteiger partial charge on any atom is -0.496 e. The van der Waals surface area contributed by atoms with Crippen LogP contribution in [-0.4, -0.2) is 19.7 Å². The molecule has 2 aromatic rings. The Labute approximate surface area is 116 Å². The molecule has 1 aliphatic heterocycles. The van der Waals surface area contributed by atoms with Crippen molar-refractivity contribution >= 4 is 16.7 Å². The minimum absolute atomic E-state index is 0.0184. The van der Waals surface area contributed by atoms with Crippen molar-refractivity contribution in [1.29, 1.82) is 5.26 Å². The fraction of sp³-hybridized carbons (Fsp3) is 0.250. The number of cyclic esters (lactones) is 1. The Kier molecular flexibility index (Phi) is 3.03. The van der Waals surface area contributed by atoms with Gasteiger partial charge in [0.2, 0.25) is 0 Å². The Bertz CT molecular complexity index is 730. The van der Waals surface area contributed by atoms with E-state index in [1.54, 1.807) is 13.2 Å². The molecule has 4 heteroatoms. The third kappa shape index (κ3) is 1.97. The van der Waals surface area contributed by atoms with Gasteiger partial charge in [0.25, 0.3) is 0 Å². The Hall–Kier alpha value is -2.54. The van der Waals surface area contributed by atoms with E-state index in [-0.39, 0.29) is 11.9 Å². The standard InChI is InChI=1S/C16H13NO3/c1-19-14-5-4-11-3-2-10(8-17)6-13(11)16(14)12-7-15(18)20-9-12/h2-6,12H,7,9H2,1H3. The lowest BCUT2D eigenvalue weighted by Crippen LogP contribution is -2.02. The second-order valence-corrected chi connectivity index (χ2v) is 4.81. The summed E-state index contributed by atoms with van der Waals surface area (Å²) in [6, 6.07) is 11.5. The van der Waals surface area contributed by atoms with E-state index in [0.29, 0.717) is 18.6 Å². The van der Waals surface area contributed by atoms with Crippen molar-refractivity contribution in [3.05, 3.63) is 41.5 Å². The highest BCUT2D eigenvalue weighted by Crippen LogP contribution is 2.38. The van der Waals surface area contributed by atoms with Crippen LogP contribution in [0.2, 0.25) is 0 Å². The topological polar surface area (TPSA) is 59.3 Å². The summed E-state index contributed by atoms with van der Waals surface area (Å²) in [5, 5.41) is 11.0. The number of esters is 1.